The molecule has 1 aliphatic rings. The summed E-state index contributed by atoms with van der Waals surface area (Å²) in [4.78, 5) is 0. The maximum Gasteiger partial charge on any atom is 0.0387 e. The van der Waals surface area contributed by atoms with Crippen molar-refractivity contribution >= 4 is 21.6 Å². The van der Waals surface area contributed by atoms with Gasteiger partial charge in [0.2, 0.25) is 0 Å². The maximum atomic E-state index is 3.89. The van der Waals surface area contributed by atoms with Gasteiger partial charge in [0.15, 0.2) is 0 Å². The van der Waals surface area contributed by atoms with Crippen LogP contribution in [0.5, 0.6) is 0 Å². The predicted molar refractivity (Wildman–Crippen MR) is 50.8 cm³/mol. The van der Waals surface area contributed by atoms with Crippen molar-refractivity contribution in [1.29, 1.82) is 0 Å². The van der Waals surface area contributed by atoms with Gasteiger partial charge in [-0.15, -0.1) is 0 Å². The summed E-state index contributed by atoms with van der Waals surface area (Å²) in [5.41, 5.74) is 3.69. The summed E-state index contributed by atoms with van der Waals surface area (Å²) >= 11 is 3.52. The lowest BCUT2D eigenvalue weighted by atomic mass is 10.1. The summed E-state index contributed by atoms with van der Waals surface area (Å²) in [6.45, 7) is 4.94. The van der Waals surface area contributed by atoms with Gasteiger partial charge in [-0.05, 0) is 36.6 Å². The third kappa shape index (κ3) is 1.16. The van der Waals surface area contributed by atoms with Crippen LogP contribution in [0, 0.1) is 6.92 Å². The summed E-state index contributed by atoms with van der Waals surface area (Å²) in [7, 11) is 0. The molecule has 57 valence electrons. The Hall–Kier alpha value is -0.500. The van der Waals surface area contributed by atoms with Crippen molar-refractivity contribution in [3.8, 4) is 0 Å². The lowest BCUT2D eigenvalue weighted by molar-refractivity contribution is 1.10. The average molecular weight is 211 g/mol. The van der Waals surface area contributed by atoms with Gasteiger partial charge in [-0.2, -0.15) is 0 Å². The van der Waals surface area contributed by atoms with E-state index < -0.39 is 0 Å². The predicted octanol–water partition coefficient (Wildman–Crippen LogP) is 2.60. The molecule has 1 radical (unpaired) electrons. The Labute approximate surface area is 74.9 Å². The molecule has 0 atom stereocenters. The fourth-order valence-electron chi connectivity index (χ4n) is 1.43. The normalized spacial score (nSPS) is 14.4. The van der Waals surface area contributed by atoms with Gasteiger partial charge in [0.1, 0.15) is 0 Å². The summed E-state index contributed by atoms with van der Waals surface area (Å²) in [5.74, 6) is 0. The minimum absolute atomic E-state index is 1.05. The molecule has 0 fully saturated rings. The van der Waals surface area contributed by atoms with Crippen LogP contribution in [0.3, 0.4) is 0 Å². The molecular weight excluding hydrogens is 202 g/mol. The van der Waals surface area contributed by atoms with Crippen molar-refractivity contribution in [1.82, 2.24) is 0 Å². The van der Waals surface area contributed by atoms with Crippen molar-refractivity contribution in [3.63, 3.8) is 0 Å². The first kappa shape index (κ1) is 7.17. The molecule has 1 N–H and O–H groups in total. The van der Waals surface area contributed by atoms with Crippen LogP contribution in [0.1, 0.15) is 11.1 Å². The van der Waals surface area contributed by atoms with E-state index in [0.717, 1.165) is 18.5 Å². The number of anilines is 1. The highest BCUT2D eigenvalue weighted by Crippen LogP contribution is 2.30. The van der Waals surface area contributed by atoms with Crippen LogP contribution < -0.4 is 5.32 Å². The van der Waals surface area contributed by atoms with Gasteiger partial charge in [0, 0.05) is 16.7 Å². The van der Waals surface area contributed by atoms with Crippen LogP contribution in [-0.2, 0) is 6.42 Å². The minimum Gasteiger partial charge on any atom is -0.384 e. The SMILES string of the molecule is [CH2]c1cc(Br)c2c(c1)NCC2. The van der Waals surface area contributed by atoms with E-state index in [1.807, 2.05) is 0 Å². The Morgan fingerprint density at radius 1 is 1.45 bits per heavy atom. The molecule has 0 saturated heterocycles. The number of fused-ring (bicyclic) bond motifs is 1. The topological polar surface area (TPSA) is 12.0 Å². The Morgan fingerprint density at radius 3 is 3.09 bits per heavy atom. The van der Waals surface area contributed by atoms with Gasteiger partial charge < -0.3 is 5.32 Å². The van der Waals surface area contributed by atoms with Gasteiger partial charge in [-0.1, -0.05) is 15.9 Å². The standard InChI is InChI=1S/C9H9BrN/c1-6-4-8(10)7-2-3-11-9(7)5-6/h4-5,11H,1-3H2. The van der Waals surface area contributed by atoms with Crippen molar-refractivity contribution < 1.29 is 0 Å². The second-order valence-electron chi connectivity index (χ2n) is 2.78. The average Bonchev–Trinajstić information content (AvgIpc) is 2.34. The zero-order valence-corrected chi connectivity index (χ0v) is 7.74. The third-order valence-corrected chi connectivity index (χ3v) is 2.65. The van der Waals surface area contributed by atoms with Crippen LogP contribution >= 0.6 is 15.9 Å². The van der Waals surface area contributed by atoms with Crippen molar-refractivity contribution in [2.24, 2.45) is 0 Å². The molecule has 1 heterocycles. The second-order valence-corrected chi connectivity index (χ2v) is 3.63. The molecule has 0 aromatic heterocycles. The molecule has 1 aromatic rings. The lowest BCUT2D eigenvalue weighted by Crippen LogP contribution is -1.90. The first-order valence-electron chi connectivity index (χ1n) is 3.65. The van der Waals surface area contributed by atoms with Crippen molar-refractivity contribution in [3.05, 3.63) is 34.7 Å². The molecule has 1 aromatic carbocycles. The Bertz CT molecular complexity index is 294. The summed E-state index contributed by atoms with van der Waals surface area (Å²) in [6, 6.07) is 4.15. The lowest BCUT2D eigenvalue weighted by Gasteiger charge is -2.02. The molecule has 0 saturated carbocycles. The van der Waals surface area contributed by atoms with E-state index in [2.05, 4.69) is 40.3 Å². The van der Waals surface area contributed by atoms with E-state index in [0.29, 0.717) is 0 Å². The van der Waals surface area contributed by atoms with Crippen LogP contribution in [-0.4, -0.2) is 6.54 Å². The summed E-state index contributed by atoms with van der Waals surface area (Å²) in [6.07, 6.45) is 1.12. The molecule has 11 heavy (non-hydrogen) atoms. The van der Waals surface area contributed by atoms with E-state index in [-0.39, 0.29) is 0 Å². The second kappa shape index (κ2) is 2.52. The van der Waals surface area contributed by atoms with E-state index in [4.69, 9.17) is 0 Å². The smallest absolute Gasteiger partial charge is 0.0387 e. The Balaban J connectivity index is 2.60. The van der Waals surface area contributed by atoms with Crippen LogP contribution in [0.4, 0.5) is 5.69 Å². The third-order valence-electron chi connectivity index (χ3n) is 1.95. The number of hydrogen-bond donors (Lipinski definition) is 1. The largest absolute Gasteiger partial charge is 0.384 e. The number of benzene rings is 1. The highest BCUT2D eigenvalue weighted by Gasteiger charge is 2.12. The molecule has 0 unspecified atom stereocenters. The fraction of sp³-hybridized carbons (Fsp3) is 0.222. The molecule has 1 aliphatic heterocycles. The quantitative estimate of drug-likeness (QED) is 0.695. The van der Waals surface area contributed by atoms with Crippen LogP contribution in [0.15, 0.2) is 16.6 Å². The fourth-order valence-corrected chi connectivity index (χ4v) is 2.13. The number of hydrogen-bond acceptors (Lipinski definition) is 1. The van der Waals surface area contributed by atoms with E-state index in [1.165, 1.54) is 15.7 Å². The molecule has 1 nitrogen and oxygen atoms in total. The molecule has 0 bridgehead atoms. The maximum absolute atomic E-state index is 3.89. The van der Waals surface area contributed by atoms with Gasteiger partial charge in [-0.3, -0.25) is 0 Å². The molecule has 2 heteroatoms. The highest BCUT2D eigenvalue weighted by molar-refractivity contribution is 9.10. The Kier molecular flexibility index (Phi) is 1.64. The van der Waals surface area contributed by atoms with E-state index >= 15 is 0 Å². The zero-order chi connectivity index (χ0) is 7.84. The Morgan fingerprint density at radius 2 is 2.27 bits per heavy atom. The minimum atomic E-state index is 1.05. The summed E-state index contributed by atoms with van der Waals surface area (Å²) in [5, 5.41) is 3.31. The van der Waals surface area contributed by atoms with Gasteiger partial charge in [-0.25, -0.2) is 0 Å². The van der Waals surface area contributed by atoms with E-state index in [9.17, 15) is 0 Å². The van der Waals surface area contributed by atoms with E-state index in [1.54, 1.807) is 0 Å². The van der Waals surface area contributed by atoms with Crippen LogP contribution in [0.25, 0.3) is 0 Å². The monoisotopic (exact) mass is 210 g/mol. The van der Waals surface area contributed by atoms with Crippen molar-refractivity contribution in [2.75, 3.05) is 11.9 Å². The molecule has 2 rings (SSSR count). The molecular formula is C9H9BrN. The number of nitrogens with one attached hydrogen (secondary N) is 1. The molecule has 0 aliphatic carbocycles. The molecule has 0 spiro atoms. The summed E-state index contributed by atoms with van der Waals surface area (Å²) < 4.78 is 1.19. The highest BCUT2D eigenvalue weighted by atomic mass is 79.9. The van der Waals surface area contributed by atoms with Crippen LogP contribution in [0.2, 0.25) is 0 Å². The number of halogens is 1. The molecule has 0 amide bonds. The first-order chi connectivity index (χ1) is 5.27. The zero-order valence-electron chi connectivity index (χ0n) is 6.15. The first-order valence-corrected chi connectivity index (χ1v) is 4.45. The van der Waals surface area contributed by atoms with Gasteiger partial charge in [0.25, 0.3) is 0 Å². The van der Waals surface area contributed by atoms with Gasteiger partial charge in [0.05, 0.1) is 0 Å². The van der Waals surface area contributed by atoms with Gasteiger partial charge >= 0.3 is 0 Å². The number of rotatable bonds is 0. The van der Waals surface area contributed by atoms with Crippen molar-refractivity contribution in [2.45, 2.75) is 6.42 Å².